The van der Waals surface area contributed by atoms with E-state index >= 15 is 0 Å². The van der Waals surface area contributed by atoms with Gasteiger partial charge in [-0.25, -0.2) is 0 Å². The summed E-state index contributed by atoms with van der Waals surface area (Å²) in [6.07, 6.45) is 0. The second kappa shape index (κ2) is 6.97. The number of aromatic nitrogens is 4. The topological polar surface area (TPSA) is 90.9 Å². The summed E-state index contributed by atoms with van der Waals surface area (Å²) in [7, 11) is 0. The van der Waals surface area contributed by atoms with E-state index in [4.69, 9.17) is 22.1 Å². The van der Waals surface area contributed by atoms with E-state index in [1.165, 1.54) is 4.79 Å². The largest absolute Gasteiger partial charge is 0.489 e. The van der Waals surface area contributed by atoms with Crippen molar-refractivity contribution in [2.75, 3.05) is 11.2 Å². The summed E-state index contributed by atoms with van der Waals surface area (Å²) in [5.74, 6) is 0.986. The van der Waals surface area contributed by atoms with Gasteiger partial charge in [0.2, 0.25) is 0 Å². The van der Waals surface area contributed by atoms with Crippen molar-refractivity contribution in [3.8, 4) is 5.75 Å². The van der Waals surface area contributed by atoms with Crippen LogP contribution in [0.1, 0.15) is 11.1 Å². The van der Waals surface area contributed by atoms with Crippen LogP contribution in [-0.2, 0) is 13.2 Å². The lowest BCUT2D eigenvalue weighted by molar-refractivity contribution is 0.306. The second-order valence-electron chi connectivity index (χ2n) is 4.81. The zero-order chi connectivity index (χ0) is 16.1. The first kappa shape index (κ1) is 15.1. The number of benzene rings is 2. The monoisotopic (exact) mass is 330 g/mol. The number of halogens is 1. The van der Waals surface area contributed by atoms with E-state index in [1.807, 2.05) is 48.5 Å². The molecule has 23 heavy (non-hydrogen) atoms. The van der Waals surface area contributed by atoms with Gasteiger partial charge in [-0.2, -0.15) is 0 Å². The van der Waals surface area contributed by atoms with Gasteiger partial charge in [-0.15, -0.1) is 4.79 Å². The molecule has 3 aromatic rings. The van der Waals surface area contributed by atoms with E-state index in [9.17, 15) is 0 Å². The average Bonchev–Trinajstić information content (AvgIpc) is 2.98. The third-order valence-corrected chi connectivity index (χ3v) is 3.57. The highest BCUT2D eigenvalue weighted by Crippen LogP contribution is 2.19. The van der Waals surface area contributed by atoms with Crippen LogP contribution in [0.3, 0.4) is 0 Å². The summed E-state index contributed by atoms with van der Waals surface area (Å²) in [5.41, 5.74) is 10.6. The molecule has 118 valence electrons. The van der Waals surface area contributed by atoms with E-state index in [-0.39, 0.29) is 5.95 Å². The molecule has 0 aliphatic rings. The van der Waals surface area contributed by atoms with E-state index in [0.29, 0.717) is 18.2 Å². The summed E-state index contributed by atoms with van der Waals surface area (Å²) in [6, 6.07) is 15.3. The van der Waals surface area contributed by atoms with Gasteiger partial charge < -0.3 is 15.9 Å². The van der Waals surface area contributed by atoms with Crippen LogP contribution in [0, 0.1) is 0 Å². The zero-order valence-corrected chi connectivity index (χ0v) is 12.9. The van der Waals surface area contributed by atoms with E-state index in [1.54, 1.807) is 0 Å². The molecule has 0 aliphatic heterocycles. The van der Waals surface area contributed by atoms with Crippen LogP contribution in [0.2, 0.25) is 5.02 Å². The molecule has 8 heteroatoms. The smallest absolute Gasteiger partial charge is 0.260 e. The Morgan fingerprint density at radius 1 is 1.13 bits per heavy atom. The van der Waals surface area contributed by atoms with Gasteiger partial charge in [-0.3, -0.25) is 0 Å². The molecule has 0 radical (unpaired) electrons. The molecule has 0 saturated heterocycles. The lowest BCUT2D eigenvalue weighted by Gasteiger charge is -2.09. The van der Waals surface area contributed by atoms with Crippen molar-refractivity contribution in [1.82, 2.24) is 20.3 Å². The molecule has 1 heterocycles. The fraction of sp³-hybridized carbons (Fsp3) is 0.133. The summed E-state index contributed by atoms with van der Waals surface area (Å²) in [6.45, 7) is 0.971. The number of ether oxygens (including phenoxy) is 1. The van der Waals surface area contributed by atoms with Gasteiger partial charge in [-0.05, 0) is 34.2 Å². The quantitative estimate of drug-likeness (QED) is 0.720. The molecule has 3 N–H and O–H groups in total. The highest BCUT2D eigenvalue weighted by atomic mass is 35.5. The molecular weight excluding hydrogens is 316 g/mol. The summed E-state index contributed by atoms with van der Waals surface area (Å²) < 4.78 is 5.73. The van der Waals surface area contributed by atoms with Crippen LogP contribution < -0.4 is 15.9 Å². The fourth-order valence-electron chi connectivity index (χ4n) is 1.95. The Labute approximate surface area is 138 Å². The third-order valence-electron chi connectivity index (χ3n) is 3.20. The Bertz CT molecular complexity index is 774. The van der Waals surface area contributed by atoms with Crippen molar-refractivity contribution < 1.29 is 4.74 Å². The van der Waals surface area contributed by atoms with Gasteiger partial charge in [0, 0.05) is 10.6 Å². The predicted octanol–water partition coefficient (Wildman–Crippen LogP) is 2.23. The van der Waals surface area contributed by atoms with Gasteiger partial charge in [0.15, 0.2) is 0 Å². The zero-order valence-electron chi connectivity index (χ0n) is 12.2. The number of tetrazole rings is 1. The molecule has 0 saturated carbocycles. The van der Waals surface area contributed by atoms with E-state index in [0.717, 1.165) is 16.9 Å². The van der Waals surface area contributed by atoms with Crippen molar-refractivity contribution in [3.05, 3.63) is 64.7 Å². The van der Waals surface area contributed by atoms with Crippen LogP contribution >= 0.6 is 11.6 Å². The maximum absolute atomic E-state index is 6.10. The van der Waals surface area contributed by atoms with Gasteiger partial charge in [0.1, 0.15) is 12.4 Å². The molecule has 0 spiro atoms. The van der Waals surface area contributed by atoms with Crippen LogP contribution in [-0.4, -0.2) is 20.3 Å². The lowest BCUT2D eigenvalue weighted by atomic mass is 10.2. The summed E-state index contributed by atoms with van der Waals surface area (Å²) >= 11 is 6.10. The average molecular weight is 331 g/mol. The molecule has 0 unspecified atom stereocenters. The number of hydrogen-bond donors (Lipinski definition) is 2. The summed E-state index contributed by atoms with van der Waals surface area (Å²) in [5, 5.41) is 11.4. The SMILES string of the molecule is Nc1nnnn1NCc1ccc(OCc2ccccc2Cl)cc1. The Morgan fingerprint density at radius 3 is 2.61 bits per heavy atom. The van der Waals surface area contributed by atoms with Crippen LogP contribution in [0.15, 0.2) is 48.5 Å². The first-order chi connectivity index (χ1) is 11.2. The molecule has 0 bridgehead atoms. The lowest BCUT2D eigenvalue weighted by Crippen LogP contribution is -2.18. The van der Waals surface area contributed by atoms with Crippen LogP contribution in [0.5, 0.6) is 5.75 Å². The molecular formula is C15H15ClN6O. The minimum absolute atomic E-state index is 0.213. The maximum atomic E-state index is 6.10. The fourth-order valence-corrected chi connectivity index (χ4v) is 2.14. The maximum Gasteiger partial charge on any atom is 0.260 e. The highest BCUT2D eigenvalue weighted by molar-refractivity contribution is 6.31. The second-order valence-corrected chi connectivity index (χ2v) is 5.22. The number of anilines is 1. The number of rotatable bonds is 6. The molecule has 0 fully saturated rings. The highest BCUT2D eigenvalue weighted by Gasteiger charge is 2.02. The number of nitrogens with zero attached hydrogens (tertiary/aromatic N) is 4. The van der Waals surface area contributed by atoms with E-state index in [2.05, 4.69) is 21.0 Å². The minimum atomic E-state index is 0.213. The van der Waals surface area contributed by atoms with Crippen molar-refractivity contribution in [2.24, 2.45) is 0 Å². The molecule has 7 nitrogen and oxygen atoms in total. The first-order valence-corrected chi connectivity index (χ1v) is 7.33. The number of hydrogen-bond acceptors (Lipinski definition) is 6. The molecule has 2 aromatic carbocycles. The Morgan fingerprint density at radius 2 is 1.91 bits per heavy atom. The number of nitrogens with two attached hydrogens (primary N) is 1. The summed E-state index contributed by atoms with van der Waals surface area (Å²) in [4.78, 5) is 1.32. The predicted molar refractivity (Wildman–Crippen MR) is 87.5 cm³/mol. The standard InChI is InChI=1S/C15H15ClN6O/c16-14-4-2-1-3-12(14)10-23-13-7-5-11(6-8-13)9-18-22-15(17)19-20-21-22/h1-8,18H,9-10H2,(H2,17,19,21). The van der Waals surface area contributed by atoms with Crippen molar-refractivity contribution in [1.29, 1.82) is 0 Å². The van der Waals surface area contributed by atoms with Gasteiger partial charge in [0.25, 0.3) is 5.95 Å². The van der Waals surface area contributed by atoms with Crippen molar-refractivity contribution in [3.63, 3.8) is 0 Å². The Balaban J connectivity index is 1.55. The van der Waals surface area contributed by atoms with Gasteiger partial charge >= 0.3 is 0 Å². The third kappa shape index (κ3) is 3.89. The molecule has 3 rings (SSSR count). The van der Waals surface area contributed by atoms with E-state index < -0.39 is 0 Å². The van der Waals surface area contributed by atoms with Crippen LogP contribution in [0.4, 0.5) is 5.95 Å². The molecule has 0 aliphatic carbocycles. The Hall–Kier alpha value is -2.80. The minimum Gasteiger partial charge on any atom is -0.489 e. The number of nitrogens with one attached hydrogen (secondary N) is 1. The normalized spacial score (nSPS) is 10.5. The van der Waals surface area contributed by atoms with Gasteiger partial charge in [-0.1, -0.05) is 47.0 Å². The van der Waals surface area contributed by atoms with Crippen molar-refractivity contribution >= 4 is 17.5 Å². The molecule has 1 aromatic heterocycles. The number of nitrogen functional groups attached to an aromatic ring is 1. The first-order valence-electron chi connectivity index (χ1n) is 6.95. The molecule has 0 amide bonds. The van der Waals surface area contributed by atoms with Gasteiger partial charge in [0.05, 0.1) is 6.54 Å². The molecule has 0 atom stereocenters. The Kier molecular flexibility index (Phi) is 4.58. The van der Waals surface area contributed by atoms with Crippen molar-refractivity contribution in [2.45, 2.75) is 13.2 Å². The van der Waals surface area contributed by atoms with Crippen LogP contribution in [0.25, 0.3) is 0 Å².